The quantitative estimate of drug-likeness (QED) is 0.271. The molecular weight excluding hydrogens is 546 g/mol. The minimum atomic E-state index is -0.957. The summed E-state index contributed by atoms with van der Waals surface area (Å²) in [6.45, 7) is 15.0. The van der Waals surface area contributed by atoms with Gasteiger partial charge in [-0.05, 0) is 113 Å². The maximum atomic E-state index is 14.5. The zero-order valence-corrected chi connectivity index (χ0v) is 27.1. The highest BCUT2D eigenvalue weighted by molar-refractivity contribution is 7.98. The van der Waals surface area contributed by atoms with Crippen LogP contribution in [0, 0.1) is 13.8 Å². The molecule has 0 aliphatic rings. The standard InChI is InChI=1S/C34H45N3O4S/c1-22-13-12-16-27(23(22)2)29(30(38)35-26-18-17-24-14-10-11-15-25(24)21-26)37(33(3,4)5)31(39)28(19-20-42-9)36-32(40)41-34(6,7)8/h10-18,21,28-29H,19-20H2,1-9H3,(H,35,38)(H,36,40). The number of aryl methyl sites for hydroxylation is 1. The van der Waals surface area contributed by atoms with Crippen molar-refractivity contribution in [3.8, 4) is 0 Å². The molecule has 3 amide bonds. The lowest BCUT2D eigenvalue weighted by Crippen LogP contribution is -2.58. The van der Waals surface area contributed by atoms with Crippen LogP contribution in [0.1, 0.15) is 70.7 Å². The van der Waals surface area contributed by atoms with Crippen LogP contribution in [0.2, 0.25) is 0 Å². The molecule has 8 heteroatoms. The van der Waals surface area contributed by atoms with Crippen molar-refractivity contribution >= 4 is 46.1 Å². The van der Waals surface area contributed by atoms with Gasteiger partial charge < -0.3 is 20.3 Å². The van der Waals surface area contributed by atoms with E-state index in [0.717, 1.165) is 27.5 Å². The number of anilines is 1. The number of thioether (sulfide) groups is 1. The molecule has 3 rings (SSSR count). The van der Waals surface area contributed by atoms with Crippen molar-refractivity contribution in [1.82, 2.24) is 10.2 Å². The number of ether oxygens (including phenoxy) is 1. The first-order valence-corrected chi connectivity index (χ1v) is 15.7. The average molecular weight is 592 g/mol. The van der Waals surface area contributed by atoms with Crippen LogP contribution >= 0.6 is 11.8 Å². The Labute approximate surface area is 254 Å². The molecule has 0 spiro atoms. The first kappa shape index (κ1) is 33.0. The van der Waals surface area contributed by atoms with Gasteiger partial charge >= 0.3 is 6.09 Å². The van der Waals surface area contributed by atoms with Gasteiger partial charge in [-0.2, -0.15) is 11.8 Å². The summed E-state index contributed by atoms with van der Waals surface area (Å²) in [6.07, 6.45) is 1.67. The number of fused-ring (bicyclic) bond motifs is 1. The van der Waals surface area contributed by atoms with E-state index in [1.165, 1.54) is 0 Å². The molecule has 2 N–H and O–H groups in total. The molecule has 0 aromatic heterocycles. The number of rotatable bonds is 9. The second-order valence-electron chi connectivity index (χ2n) is 12.6. The lowest BCUT2D eigenvalue weighted by molar-refractivity contribution is -0.146. The highest BCUT2D eigenvalue weighted by atomic mass is 32.2. The third kappa shape index (κ3) is 8.51. The average Bonchev–Trinajstić information content (AvgIpc) is 2.89. The number of carbonyl (C=O) groups excluding carboxylic acids is 3. The largest absolute Gasteiger partial charge is 0.444 e. The van der Waals surface area contributed by atoms with Gasteiger partial charge in [0.25, 0.3) is 5.91 Å². The van der Waals surface area contributed by atoms with Crippen molar-refractivity contribution in [1.29, 1.82) is 0 Å². The third-order valence-corrected chi connectivity index (χ3v) is 7.67. The Kier molecular flexibility index (Phi) is 10.7. The highest BCUT2D eigenvalue weighted by Crippen LogP contribution is 2.34. The minimum absolute atomic E-state index is 0.330. The highest BCUT2D eigenvalue weighted by Gasteiger charge is 2.42. The van der Waals surface area contributed by atoms with Gasteiger partial charge in [0, 0.05) is 11.2 Å². The van der Waals surface area contributed by atoms with Crippen LogP contribution in [-0.2, 0) is 14.3 Å². The van der Waals surface area contributed by atoms with E-state index in [2.05, 4.69) is 10.6 Å². The van der Waals surface area contributed by atoms with Gasteiger partial charge in [0.15, 0.2) is 0 Å². The number of hydrogen-bond acceptors (Lipinski definition) is 5. The molecule has 226 valence electrons. The molecule has 0 fully saturated rings. The van der Waals surface area contributed by atoms with Crippen molar-refractivity contribution in [2.75, 3.05) is 17.3 Å². The third-order valence-electron chi connectivity index (χ3n) is 7.02. The Morgan fingerprint density at radius 2 is 1.57 bits per heavy atom. The molecule has 7 nitrogen and oxygen atoms in total. The van der Waals surface area contributed by atoms with Crippen molar-refractivity contribution in [3.63, 3.8) is 0 Å². The Balaban J connectivity index is 2.10. The number of nitrogens with zero attached hydrogens (tertiary/aromatic N) is 1. The van der Waals surface area contributed by atoms with E-state index in [1.807, 2.05) is 102 Å². The summed E-state index contributed by atoms with van der Waals surface area (Å²) in [5.74, 6) is -0.0353. The number of hydrogen-bond donors (Lipinski definition) is 2. The monoisotopic (exact) mass is 591 g/mol. The fraction of sp³-hybridized carbons (Fsp3) is 0.441. The summed E-state index contributed by atoms with van der Waals surface area (Å²) in [4.78, 5) is 43.3. The van der Waals surface area contributed by atoms with E-state index in [9.17, 15) is 14.4 Å². The van der Waals surface area contributed by atoms with Crippen LogP contribution in [0.3, 0.4) is 0 Å². The fourth-order valence-corrected chi connectivity index (χ4v) is 5.37. The Morgan fingerprint density at radius 3 is 2.19 bits per heavy atom. The Morgan fingerprint density at radius 1 is 0.905 bits per heavy atom. The minimum Gasteiger partial charge on any atom is -0.444 e. The van der Waals surface area contributed by atoms with Gasteiger partial charge in [0.1, 0.15) is 17.7 Å². The van der Waals surface area contributed by atoms with Crippen molar-refractivity contribution in [3.05, 3.63) is 77.4 Å². The molecule has 0 aliphatic heterocycles. The molecule has 0 radical (unpaired) electrons. The zero-order valence-electron chi connectivity index (χ0n) is 26.3. The van der Waals surface area contributed by atoms with Gasteiger partial charge in [-0.3, -0.25) is 9.59 Å². The molecule has 0 saturated heterocycles. The fourth-order valence-electron chi connectivity index (χ4n) is 4.90. The lowest BCUT2D eigenvalue weighted by atomic mass is 9.91. The Hall–Kier alpha value is -3.52. The van der Waals surface area contributed by atoms with E-state index in [-0.39, 0.29) is 11.8 Å². The van der Waals surface area contributed by atoms with Crippen LogP contribution in [-0.4, -0.2) is 52.0 Å². The first-order valence-electron chi connectivity index (χ1n) is 14.3. The second kappa shape index (κ2) is 13.6. The maximum Gasteiger partial charge on any atom is 0.408 e. The summed E-state index contributed by atoms with van der Waals surface area (Å²) in [7, 11) is 0. The summed E-state index contributed by atoms with van der Waals surface area (Å²) in [5, 5.41) is 7.96. The maximum absolute atomic E-state index is 14.5. The van der Waals surface area contributed by atoms with Gasteiger partial charge in [0.2, 0.25) is 5.91 Å². The van der Waals surface area contributed by atoms with Gasteiger partial charge in [-0.1, -0.05) is 48.5 Å². The van der Waals surface area contributed by atoms with Crippen molar-refractivity contribution in [2.24, 2.45) is 0 Å². The summed E-state index contributed by atoms with van der Waals surface area (Å²) in [5.41, 5.74) is 1.83. The Bertz CT molecular complexity index is 1420. The number of amides is 3. The number of benzene rings is 3. The number of nitrogens with one attached hydrogen (secondary N) is 2. The predicted octanol–water partition coefficient (Wildman–Crippen LogP) is 7.41. The van der Waals surface area contributed by atoms with E-state index >= 15 is 0 Å². The van der Waals surface area contributed by atoms with E-state index in [4.69, 9.17) is 4.74 Å². The molecule has 2 atom stereocenters. The molecule has 3 aromatic carbocycles. The van der Waals surface area contributed by atoms with Crippen LogP contribution in [0.5, 0.6) is 0 Å². The lowest BCUT2D eigenvalue weighted by Gasteiger charge is -2.43. The normalized spacial score (nSPS) is 13.3. The molecule has 2 unspecified atom stereocenters. The summed E-state index contributed by atoms with van der Waals surface area (Å²) >= 11 is 1.58. The molecular formula is C34H45N3O4S. The number of alkyl carbamates (subject to hydrolysis) is 1. The molecule has 0 saturated carbocycles. The number of carbonyl (C=O) groups is 3. The van der Waals surface area contributed by atoms with Gasteiger partial charge in [-0.15, -0.1) is 0 Å². The van der Waals surface area contributed by atoms with Gasteiger partial charge in [-0.25, -0.2) is 4.79 Å². The topological polar surface area (TPSA) is 87.7 Å². The van der Waals surface area contributed by atoms with Crippen molar-refractivity contribution < 1.29 is 19.1 Å². The van der Waals surface area contributed by atoms with E-state index in [1.54, 1.807) is 37.4 Å². The van der Waals surface area contributed by atoms with Crippen LogP contribution < -0.4 is 10.6 Å². The first-order chi connectivity index (χ1) is 19.6. The summed E-state index contributed by atoms with van der Waals surface area (Å²) in [6, 6.07) is 17.7. The smallest absolute Gasteiger partial charge is 0.408 e. The van der Waals surface area contributed by atoms with E-state index < -0.39 is 29.3 Å². The molecule has 42 heavy (non-hydrogen) atoms. The molecule has 0 heterocycles. The molecule has 0 bridgehead atoms. The van der Waals surface area contributed by atoms with Gasteiger partial charge in [0.05, 0.1) is 0 Å². The predicted molar refractivity (Wildman–Crippen MR) is 174 cm³/mol. The SMILES string of the molecule is CSCCC(NC(=O)OC(C)(C)C)C(=O)N(C(C(=O)Nc1ccc2ccccc2c1)c1cccc(C)c1C)C(C)(C)C. The van der Waals surface area contributed by atoms with Crippen LogP contribution in [0.15, 0.2) is 60.7 Å². The van der Waals surface area contributed by atoms with Crippen molar-refractivity contribution in [2.45, 2.75) is 85.0 Å². The zero-order chi connectivity index (χ0) is 31.2. The van der Waals surface area contributed by atoms with Crippen LogP contribution in [0.4, 0.5) is 10.5 Å². The molecule has 3 aromatic rings. The summed E-state index contributed by atoms with van der Waals surface area (Å²) < 4.78 is 5.50. The second-order valence-corrected chi connectivity index (χ2v) is 13.6. The van der Waals surface area contributed by atoms with E-state index in [0.29, 0.717) is 17.9 Å². The molecule has 0 aliphatic carbocycles. The van der Waals surface area contributed by atoms with Crippen LogP contribution in [0.25, 0.3) is 10.8 Å².